The highest BCUT2D eigenvalue weighted by atomic mass is 16.1. The molecule has 0 aromatic carbocycles. The van der Waals surface area contributed by atoms with Crippen LogP contribution in [0.3, 0.4) is 0 Å². The summed E-state index contributed by atoms with van der Waals surface area (Å²) in [5, 5.41) is 0. The standard InChI is InChI=1S/C10H14O2/c1-3-4-5-6-10(12)8-7-9(2)11/h1H,4-8H2,2H3. The zero-order chi connectivity index (χ0) is 9.40. The van der Waals surface area contributed by atoms with Crippen LogP contribution in [0.2, 0.25) is 0 Å². The van der Waals surface area contributed by atoms with E-state index in [1.807, 2.05) is 0 Å². The van der Waals surface area contributed by atoms with Crippen LogP contribution in [0.1, 0.15) is 39.0 Å². The maximum Gasteiger partial charge on any atom is 0.133 e. The van der Waals surface area contributed by atoms with E-state index in [-0.39, 0.29) is 11.6 Å². The molecule has 2 nitrogen and oxygen atoms in total. The molecule has 0 saturated heterocycles. The van der Waals surface area contributed by atoms with Gasteiger partial charge in [0.25, 0.3) is 0 Å². The van der Waals surface area contributed by atoms with Gasteiger partial charge in [-0.05, 0) is 13.3 Å². The first-order chi connectivity index (χ1) is 5.66. The summed E-state index contributed by atoms with van der Waals surface area (Å²) < 4.78 is 0. The Labute approximate surface area is 73.3 Å². The molecule has 0 aliphatic heterocycles. The second kappa shape index (κ2) is 6.60. The molecular formula is C10H14O2. The lowest BCUT2D eigenvalue weighted by atomic mass is 10.1. The molecule has 0 amide bonds. The molecule has 0 radical (unpaired) electrons. The van der Waals surface area contributed by atoms with E-state index in [2.05, 4.69) is 5.92 Å². The highest BCUT2D eigenvalue weighted by molar-refractivity contribution is 5.84. The number of unbranched alkanes of at least 4 members (excludes halogenated alkanes) is 1. The number of hydrogen-bond donors (Lipinski definition) is 0. The summed E-state index contributed by atoms with van der Waals surface area (Å²) in [6, 6.07) is 0. The Morgan fingerprint density at radius 3 is 2.42 bits per heavy atom. The second-order valence-electron chi connectivity index (χ2n) is 2.80. The third kappa shape index (κ3) is 7.01. The molecule has 0 spiro atoms. The van der Waals surface area contributed by atoms with Gasteiger partial charge in [-0.3, -0.25) is 4.79 Å². The van der Waals surface area contributed by atoms with Crippen molar-refractivity contribution in [3.8, 4) is 12.3 Å². The SMILES string of the molecule is C#CCCCC(=O)CCC(C)=O. The van der Waals surface area contributed by atoms with Crippen molar-refractivity contribution in [2.24, 2.45) is 0 Å². The molecule has 0 fully saturated rings. The van der Waals surface area contributed by atoms with Crippen molar-refractivity contribution in [2.45, 2.75) is 39.0 Å². The topological polar surface area (TPSA) is 34.1 Å². The Morgan fingerprint density at radius 1 is 1.25 bits per heavy atom. The predicted octanol–water partition coefficient (Wildman–Crippen LogP) is 1.73. The molecule has 0 saturated carbocycles. The number of ketones is 2. The fourth-order valence-electron chi connectivity index (χ4n) is 0.828. The Morgan fingerprint density at radius 2 is 1.92 bits per heavy atom. The van der Waals surface area contributed by atoms with Crippen LogP contribution in [0.15, 0.2) is 0 Å². The van der Waals surface area contributed by atoms with E-state index in [1.54, 1.807) is 0 Å². The molecule has 0 N–H and O–H groups in total. The van der Waals surface area contributed by atoms with Gasteiger partial charge in [0.15, 0.2) is 0 Å². The van der Waals surface area contributed by atoms with Gasteiger partial charge in [0, 0.05) is 25.7 Å². The molecule has 0 aliphatic rings. The molecule has 0 aliphatic carbocycles. The van der Waals surface area contributed by atoms with Crippen molar-refractivity contribution in [3.63, 3.8) is 0 Å². The average molecular weight is 166 g/mol. The first kappa shape index (κ1) is 10.9. The van der Waals surface area contributed by atoms with Crippen molar-refractivity contribution in [1.82, 2.24) is 0 Å². The van der Waals surface area contributed by atoms with Gasteiger partial charge in [0.2, 0.25) is 0 Å². The quantitative estimate of drug-likeness (QED) is 0.445. The largest absolute Gasteiger partial charge is 0.300 e. The molecule has 0 unspecified atom stereocenters. The van der Waals surface area contributed by atoms with Crippen LogP contribution in [-0.4, -0.2) is 11.6 Å². The van der Waals surface area contributed by atoms with Crippen molar-refractivity contribution in [2.75, 3.05) is 0 Å². The summed E-state index contributed by atoms with van der Waals surface area (Å²) in [6.07, 6.45) is 7.67. The number of carbonyl (C=O) groups excluding carboxylic acids is 2. The number of rotatable bonds is 6. The van der Waals surface area contributed by atoms with Gasteiger partial charge in [-0.1, -0.05) is 0 Å². The minimum absolute atomic E-state index is 0.0697. The average Bonchev–Trinajstić information content (AvgIpc) is 2.01. The summed E-state index contributed by atoms with van der Waals surface area (Å²) in [4.78, 5) is 21.5. The third-order valence-electron chi connectivity index (χ3n) is 1.53. The van der Waals surface area contributed by atoms with Gasteiger partial charge in [-0.2, -0.15) is 0 Å². The van der Waals surface area contributed by atoms with Gasteiger partial charge in [0.1, 0.15) is 11.6 Å². The molecule has 0 rings (SSSR count). The summed E-state index contributed by atoms with van der Waals surface area (Å²) in [5.41, 5.74) is 0. The fraction of sp³-hybridized carbons (Fsp3) is 0.600. The monoisotopic (exact) mass is 166 g/mol. The van der Waals surface area contributed by atoms with Crippen LogP contribution in [0, 0.1) is 12.3 Å². The fourth-order valence-corrected chi connectivity index (χ4v) is 0.828. The van der Waals surface area contributed by atoms with Crippen LogP contribution >= 0.6 is 0 Å². The van der Waals surface area contributed by atoms with E-state index < -0.39 is 0 Å². The molecule has 0 atom stereocenters. The molecule has 0 aromatic rings. The third-order valence-corrected chi connectivity index (χ3v) is 1.53. The second-order valence-corrected chi connectivity index (χ2v) is 2.80. The zero-order valence-corrected chi connectivity index (χ0v) is 7.43. The highest BCUT2D eigenvalue weighted by Gasteiger charge is 2.02. The smallest absolute Gasteiger partial charge is 0.133 e. The molecule has 2 heteroatoms. The molecule has 0 aromatic heterocycles. The van der Waals surface area contributed by atoms with E-state index in [4.69, 9.17) is 6.42 Å². The number of Topliss-reactive ketones (excluding diaryl/α,β-unsaturated/α-hetero) is 2. The summed E-state index contributed by atoms with van der Waals surface area (Å²) >= 11 is 0. The van der Waals surface area contributed by atoms with Gasteiger partial charge in [-0.15, -0.1) is 12.3 Å². The first-order valence-corrected chi connectivity index (χ1v) is 4.11. The van der Waals surface area contributed by atoms with E-state index in [0.717, 1.165) is 6.42 Å². The van der Waals surface area contributed by atoms with Crippen LogP contribution in [0.25, 0.3) is 0 Å². The van der Waals surface area contributed by atoms with E-state index in [1.165, 1.54) is 6.92 Å². The predicted molar refractivity (Wildman–Crippen MR) is 47.6 cm³/mol. The lowest BCUT2D eigenvalue weighted by Crippen LogP contribution is -2.00. The Hall–Kier alpha value is -1.10. The summed E-state index contributed by atoms with van der Waals surface area (Å²) in [5.74, 6) is 2.68. The van der Waals surface area contributed by atoms with E-state index >= 15 is 0 Å². The van der Waals surface area contributed by atoms with E-state index in [0.29, 0.717) is 25.7 Å². The van der Waals surface area contributed by atoms with Crippen LogP contribution < -0.4 is 0 Å². The maximum absolute atomic E-state index is 11.0. The molecular weight excluding hydrogens is 152 g/mol. The summed E-state index contributed by atoms with van der Waals surface area (Å²) in [6.45, 7) is 1.49. The number of terminal acetylenes is 1. The molecule has 0 heterocycles. The maximum atomic E-state index is 11.0. The lowest BCUT2D eigenvalue weighted by Gasteiger charge is -1.95. The van der Waals surface area contributed by atoms with Gasteiger partial charge >= 0.3 is 0 Å². The number of hydrogen-bond acceptors (Lipinski definition) is 2. The summed E-state index contributed by atoms with van der Waals surface area (Å²) in [7, 11) is 0. The van der Waals surface area contributed by atoms with Gasteiger partial charge < -0.3 is 4.79 Å². The van der Waals surface area contributed by atoms with E-state index in [9.17, 15) is 9.59 Å². The van der Waals surface area contributed by atoms with Gasteiger partial charge in [-0.25, -0.2) is 0 Å². The normalized spacial score (nSPS) is 9.00. The van der Waals surface area contributed by atoms with Crippen LogP contribution in [0.5, 0.6) is 0 Å². The molecule has 66 valence electrons. The van der Waals surface area contributed by atoms with Crippen LogP contribution in [0.4, 0.5) is 0 Å². The van der Waals surface area contributed by atoms with Crippen LogP contribution in [-0.2, 0) is 9.59 Å². The highest BCUT2D eigenvalue weighted by Crippen LogP contribution is 2.01. The van der Waals surface area contributed by atoms with Crippen molar-refractivity contribution < 1.29 is 9.59 Å². The Balaban J connectivity index is 3.35. The Kier molecular flexibility index (Phi) is 6.00. The lowest BCUT2D eigenvalue weighted by molar-refractivity contribution is -0.123. The molecule has 12 heavy (non-hydrogen) atoms. The Bertz CT molecular complexity index is 198. The van der Waals surface area contributed by atoms with Crippen molar-refractivity contribution >= 4 is 11.6 Å². The minimum Gasteiger partial charge on any atom is -0.300 e. The van der Waals surface area contributed by atoms with Gasteiger partial charge in [0.05, 0.1) is 0 Å². The minimum atomic E-state index is 0.0697. The first-order valence-electron chi connectivity index (χ1n) is 4.11. The number of carbonyl (C=O) groups is 2. The van der Waals surface area contributed by atoms with Crippen molar-refractivity contribution in [1.29, 1.82) is 0 Å². The zero-order valence-electron chi connectivity index (χ0n) is 7.43. The van der Waals surface area contributed by atoms with Crippen molar-refractivity contribution in [3.05, 3.63) is 0 Å². The molecule has 0 bridgehead atoms.